The van der Waals surface area contributed by atoms with E-state index >= 15 is 0 Å². The molecule has 1 aromatic rings. The topological polar surface area (TPSA) is 64.1 Å². The van der Waals surface area contributed by atoms with Crippen molar-refractivity contribution in [2.24, 2.45) is 4.99 Å². The van der Waals surface area contributed by atoms with E-state index in [4.69, 9.17) is 0 Å². The van der Waals surface area contributed by atoms with Gasteiger partial charge in [0.25, 0.3) is 0 Å². The van der Waals surface area contributed by atoms with Crippen molar-refractivity contribution in [3.05, 3.63) is 24.4 Å². The standard InChI is InChI=1S/C18H30N6O/c1-5-15(2)21-18(20-14-17(25)22(3)4)24-12-10-23(11-13-24)16-8-6-7-9-19-16/h6-9,15H,5,10-14H2,1-4H3,(H,20,21). The molecular formula is C18H30N6O. The first kappa shape index (κ1) is 19.0. The maximum absolute atomic E-state index is 11.9. The predicted molar refractivity (Wildman–Crippen MR) is 102 cm³/mol. The summed E-state index contributed by atoms with van der Waals surface area (Å²) in [5, 5.41) is 3.46. The van der Waals surface area contributed by atoms with E-state index in [1.807, 2.05) is 24.4 Å². The predicted octanol–water partition coefficient (Wildman–Crippen LogP) is 1.04. The fraction of sp³-hybridized carbons (Fsp3) is 0.611. The third-order valence-electron chi connectivity index (χ3n) is 4.40. The van der Waals surface area contributed by atoms with Crippen molar-refractivity contribution in [3.8, 4) is 0 Å². The number of rotatable bonds is 5. The van der Waals surface area contributed by atoms with Crippen LogP contribution in [0.3, 0.4) is 0 Å². The first-order chi connectivity index (χ1) is 12.0. The van der Waals surface area contributed by atoms with Crippen LogP contribution in [0.5, 0.6) is 0 Å². The number of carbonyl (C=O) groups is 1. The first-order valence-electron chi connectivity index (χ1n) is 8.93. The number of guanidine groups is 1. The van der Waals surface area contributed by atoms with Crippen molar-refractivity contribution in [1.82, 2.24) is 20.1 Å². The Morgan fingerprint density at radius 1 is 1.32 bits per heavy atom. The Morgan fingerprint density at radius 2 is 2.04 bits per heavy atom. The molecule has 0 bridgehead atoms. The molecule has 0 radical (unpaired) electrons. The smallest absolute Gasteiger partial charge is 0.243 e. The van der Waals surface area contributed by atoms with E-state index in [1.54, 1.807) is 19.0 Å². The van der Waals surface area contributed by atoms with E-state index in [1.165, 1.54) is 0 Å². The molecule has 7 heteroatoms. The number of piperazine rings is 1. The number of hydrogen-bond donors (Lipinski definition) is 1. The van der Waals surface area contributed by atoms with Crippen molar-refractivity contribution >= 4 is 17.7 Å². The highest BCUT2D eigenvalue weighted by atomic mass is 16.2. The second-order valence-electron chi connectivity index (χ2n) is 6.54. The zero-order valence-electron chi connectivity index (χ0n) is 15.8. The molecule has 138 valence electrons. The van der Waals surface area contributed by atoms with Gasteiger partial charge in [-0.3, -0.25) is 4.79 Å². The molecule has 0 aliphatic carbocycles. The van der Waals surface area contributed by atoms with Crippen molar-refractivity contribution < 1.29 is 4.79 Å². The van der Waals surface area contributed by atoms with Gasteiger partial charge in [0, 0.05) is 52.5 Å². The van der Waals surface area contributed by atoms with Gasteiger partial charge in [-0.25, -0.2) is 9.98 Å². The number of amides is 1. The number of nitrogens with one attached hydrogen (secondary N) is 1. The lowest BCUT2D eigenvalue weighted by Crippen LogP contribution is -2.54. The minimum absolute atomic E-state index is 0.00979. The summed E-state index contributed by atoms with van der Waals surface area (Å²) in [5.41, 5.74) is 0. The average molecular weight is 346 g/mol. The summed E-state index contributed by atoms with van der Waals surface area (Å²) in [6, 6.07) is 6.31. The highest BCUT2D eigenvalue weighted by Gasteiger charge is 2.21. The molecule has 7 nitrogen and oxygen atoms in total. The molecule has 1 N–H and O–H groups in total. The summed E-state index contributed by atoms with van der Waals surface area (Å²) < 4.78 is 0. The highest BCUT2D eigenvalue weighted by molar-refractivity contribution is 5.85. The summed E-state index contributed by atoms with van der Waals surface area (Å²) in [5.74, 6) is 1.85. The lowest BCUT2D eigenvalue weighted by molar-refractivity contribution is -0.127. The van der Waals surface area contributed by atoms with E-state index in [9.17, 15) is 4.79 Å². The van der Waals surface area contributed by atoms with Crippen LogP contribution in [-0.4, -0.2) is 79.5 Å². The van der Waals surface area contributed by atoms with Crippen LogP contribution < -0.4 is 10.2 Å². The summed E-state index contributed by atoms with van der Waals surface area (Å²) in [6.45, 7) is 7.93. The fourth-order valence-corrected chi connectivity index (χ4v) is 2.53. The first-order valence-corrected chi connectivity index (χ1v) is 8.93. The van der Waals surface area contributed by atoms with Crippen molar-refractivity contribution in [2.75, 3.05) is 51.7 Å². The molecule has 1 unspecified atom stereocenters. The van der Waals surface area contributed by atoms with E-state index < -0.39 is 0 Å². The number of aromatic nitrogens is 1. The number of nitrogens with zero attached hydrogens (tertiary/aromatic N) is 5. The van der Waals surface area contributed by atoms with Gasteiger partial charge < -0.3 is 20.0 Å². The Morgan fingerprint density at radius 3 is 2.60 bits per heavy atom. The van der Waals surface area contributed by atoms with Crippen LogP contribution >= 0.6 is 0 Å². The quantitative estimate of drug-likeness (QED) is 0.637. The van der Waals surface area contributed by atoms with Gasteiger partial charge >= 0.3 is 0 Å². The maximum atomic E-state index is 11.9. The fourth-order valence-electron chi connectivity index (χ4n) is 2.53. The molecule has 1 aromatic heterocycles. The van der Waals surface area contributed by atoms with Gasteiger partial charge in [0.15, 0.2) is 5.96 Å². The van der Waals surface area contributed by atoms with Crippen LogP contribution in [0.4, 0.5) is 5.82 Å². The minimum Gasteiger partial charge on any atom is -0.354 e. The van der Waals surface area contributed by atoms with Gasteiger partial charge in [-0.2, -0.15) is 0 Å². The van der Waals surface area contributed by atoms with Crippen molar-refractivity contribution in [3.63, 3.8) is 0 Å². The Kier molecular flexibility index (Phi) is 7.03. The molecule has 1 fully saturated rings. The molecule has 1 saturated heterocycles. The number of hydrogen-bond acceptors (Lipinski definition) is 4. The van der Waals surface area contributed by atoms with Gasteiger partial charge in [-0.05, 0) is 25.5 Å². The molecule has 0 spiro atoms. The van der Waals surface area contributed by atoms with E-state index in [0.29, 0.717) is 6.04 Å². The lowest BCUT2D eigenvalue weighted by Gasteiger charge is -2.37. The lowest BCUT2D eigenvalue weighted by atomic mass is 10.2. The molecule has 2 heterocycles. The monoisotopic (exact) mass is 346 g/mol. The Bertz CT molecular complexity index is 566. The third-order valence-corrected chi connectivity index (χ3v) is 4.40. The number of pyridine rings is 1. The van der Waals surface area contributed by atoms with Gasteiger partial charge in [0.2, 0.25) is 5.91 Å². The Hall–Kier alpha value is -2.31. The molecule has 0 saturated carbocycles. The molecule has 25 heavy (non-hydrogen) atoms. The molecule has 1 atom stereocenters. The van der Waals surface area contributed by atoms with Gasteiger partial charge in [-0.1, -0.05) is 13.0 Å². The Labute approximate surface area is 150 Å². The van der Waals surface area contributed by atoms with Gasteiger partial charge in [-0.15, -0.1) is 0 Å². The zero-order chi connectivity index (χ0) is 18.2. The normalized spacial score (nSPS) is 16.6. The van der Waals surface area contributed by atoms with Crippen LogP contribution in [0.25, 0.3) is 0 Å². The number of aliphatic imine (C=N–C) groups is 1. The van der Waals surface area contributed by atoms with Gasteiger partial charge in [0.05, 0.1) is 0 Å². The molecule has 0 aromatic carbocycles. The molecule has 1 aliphatic rings. The highest BCUT2D eigenvalue weighted by Crippen LogP contribution is 2.12. The number of carbonyl (C=O) groups excluding carboxylic acids is 1. The van der Waals surface area contributed by atoms with Crippen LogP contribution in [0.15, 0.2) is 29.4 Å². The number of anilines is 1. The third kappa shape index (κ3) is 5.62. The Balaban J connectivity index is 2.00. The second kappa shape index (κ2) is 9.25. The largest absolute Gasteiger partial charge is 0.354 e. The summed E-state index contributed by atoms with van der Waals surface area (Å²) in [4.78, 5) is 26.9. The van der Waals surface area contributed by atoms with E-state index in [0.717, 1.165) is 44.4 Å². The minimum atomic E-state index is 0.00979. The second-order valence-corrected chi connectivity index (χ2v) is 6.54. The van der Waals surface area contributed by atoms with Crippen LogP contribution in [0.1, 0.15) is 20.3 Å². The summed E-state index contributed by atoms with van der Waals surface area (Å²) in [7, 11) is 3.51. The average Bonchev–Trinajstić information content (AvgIpc) is 2.65. The van der Waals surface area contributed by atoms with Crippen molar-refractivity contribution in [2.45, 2.75) is 26.3 Å². The summed E-state index contributed by atoms with van der Waals surface area (Å²) >= 11 is 0. The molecule has 1 aliphatic heterocycles. The maximum Gasteiger partial charge on any atom is 0.243 e. The molecule has 2 rings (SSSR count). The van der Waals surface area contributed by atoms with Crippen molar-refractivity contribution in [1.29, 1.82) is 0 Å². The molecule has 1 amide bonds. The zero-order valence-corrected chi connectivity index (χ0v) is 15.8. The van der Waals surface area contributed by atoms with E-state index in [2.05, 4.69) is 38.9 Å². The van der Waals surface area contributed by atoms with Crippen LogP contribution in [0.2, 0.25) is 0 Å². The summed E-state index contributed by atoms with van der Waals surface area (Å²) in [6.07, 6.45) is 2.83. The van der Waals surface area contributed by atoms with E-state index in [-0.39, 0.29) is 12.5 Å². The SMILES string of the molecule is CCC(C)NC(=NCC(=O)N(C)C)N1CCN(c2ccccn2)CC1. The van der Waals surface area contributed by atoms with Gasteiger partial charge in [0.1, 0.15) is 12.4 Å². The molecular weight excluding hydrogens is 316 g/mol. The van der Waals surface area contributed by atoms with Crippen LogP contribution in [-0.2, 0) is 4.79 Å². The van der Waals surface area contributed by atoms with Crippen LogP contribution in [0, 0.1) is 0 Å². The number of likely N-dealkylation sites (N-methyl/N-ethyl adjacent to an activating group) is 1.